The molecule has 4 heteroatoms. The van der Waals surface area contributed by atoms with E-state index >= 15 is 0 Å². The van der Waals surface area contributed by atoms with E-state index in [9.17, 15) is 9.90 Å². The van der Waals surface area contributed by atoms with Gasteiger partial charge in [0.05, 0.1) is 7.11 Å². The lowest BCUT2D eigenvalue weighted by molar-refractivity contribution is -0.164. The zero-order valence-electron chi connectivity index (χ0n) is 11.8. The molecule has 1 aromatic rings. The lowest BCUT2D eigenvalue weighted by atomic mass is 9.91. The van der Waals surface area contributed by atoms with E-state index in [2.05, 4.69) is 41.7 Å². The first kappa shape index (κ1) is 13.9. The van der Waals surface area contributed by atoms with Crippen molar-refractivity contribution in [3.8, 4) is 0 Å². The minimum atomic E-state index is -1.32. The van der Waals surface area contributed by atoms with Crippen LogP contribution in [0.25, 0.3) is 0 Å². The molecule has 1 aliphatic rings. The van der Waals surface area contributed by atoms with E-state index < -0.39 is 11.6 Å². The summed E-state index contributed by atoms with van der Waals surface area (Å²) in [4.78, 5) is 13.8. The highest BCUT2D eigenvalue weighted by Crippen LogP contribution is 2.29. The number of hydrogen-bond donors (Lipinski definition) is 1. The van der Waals surface area contributed by atoms with Crippen LogP contribution in [0.1, 0.15) is 24.0 Å². The van der Waals surface area contributed by atoms with Crippen molar-refractivity contribution in [2.24, 2.45) is 0 Å². The first-order chi connectivity index (χ1) is 8.96. The number of aliphatic hydroxyl groups is 1. The summed E-state index contributed by atoms with van der Waals surface area (Å²) >= 11 is 0. The molecule has 1 heterocycles. The van der Waals surface area contributed by atoms with E-state index in [1.54, 1.807) is 0 Å². The first-order valence-electron chi connectivity index (χ1n) is 6.59. The molecule has 0 atom stereocenters. The lowest BCUT2D eigenvalue weighted by Crippen LogP contribution is -2.50. The number of ether oxygens (including phenoxy) is 1. The SMILES string of the molecule is COC(=O)C1(O)CCN(c2cc(C)ccc2C)CC1. The second-order valence-corrected chi connectivity index (χ2v) is 5.30. The normalized spacial score (nSPS) is 18.2. The molecule has 19 heavy (non-hydrogen) atoms. The van der Waals surface area contributed by atoms with Gasteiger partial charge in [-0.05, 0) is 31.0 Å². The quantitative estimate of drug-likeness (QED) is 0.827. The van der Waals surface area contributed by atoms with Gasteiger partial charge < -0.3 is 14.7 Å². The third kappa shape index (κ3) is 2.73. The van der Waals surface area contributed by atoms with Crippen molar-refractivity contribution in [2.75, 3.05) is 25.1 Å². The van der Waals surface area contributed by atoms with Crippen LogP contribution in [0, 0.1) is 13.8 Å². The average molecular weight is 263 g/mol. The number of hydrogen-bond acceptors (Lipinski definition) is 4. The van der Waals surface area contributed by atoms with Gasteiger partial charge in [-0.15, -0.1) is 0 Å². The summed E-state index contributed by atoms with van der Waals surface area (Å²) in [6.07, 6.45) is 0.820. The molecule has 1 aromatic carbocycles. The van der Waals surface area contributed by atoms with Crippen LogP contribution in [0.4, 0.5) is 5.69 Å². The number of piperidine rings is 1. The van der Waals surface area contributed by atoms with Gasteiger partial charge in [0, 0.05) is 31.6 Å². The number of benzene rings is 1. The Morgan fingerprint density at radius 1 is 1.32 bits per heavy atom. The van der Waals surface area contributed by atoms with Gasteiger partial charge in [0.1, 0.15) is 0 Å². The Kier molecular flexibility index (Phi) is 3.80. The number of rotatable bonds is 2. The van der Waals surface area contributed by atoms with E-state index in [1.165, 1.54) is 23.9 Å². The zero-order valence-corrected chi connectivity index (χ0v) is 11.8. The van der Waals surface area contributed by atoms with Crippen molar-refractivity contribution >= 4 is 11.7 Å². The molecule has 104 valence electrons. The maximum Gasteiger partial charge on any atom is 0.337 e. The molecule has 0 aliphatic carbocycles. The molecular weight excluding hydrogens is 242 g/mol. The summed E-state index contributed by atoms with van der Waals surface area (Å²) in [5, 5.41) is 10.2. The van der Waals surface area contributed by atoms with Crippen LogP contribution in [-0.4, -0.2) is 36.9 Å². The van der Waals surface area contributed by atoms with E-state index in [1.807, 2.05) is 0 Å². The summed E-state index contributed by atoms with van der Waals surface area (Å²) in [6, 6.07) is 6.34. The minimum absolute atomic E-state index is 0.410. The second kappa shape index (κ2) is 5.21. The van der Waals surface area contributed by atoms with Gasteiger partial charge >= 0.3 is 5.97 Å². The molecule has 0 bridgehead atoms. The molecule has 0 spiro atoms. The Morgan fingerprint density at radius 2 is 1.95 bits per heavy atom. The molecule has 2 rings (SSSR count). The summed E-state index contributed by atoms with van der Waals surface area (Å²) in [7, 11) is 1.32. The van der Waals surface area contributed by atoms with Crippen molar-refractivity contribution < 1.29 is 14.6 Å². The maximum atomic E-state index is 11.6. The number of carbonyl (C=O) groups excluding carboxylic acids is 1. The Balaban J connectivity index is 2.12. The molecule has 0 amide bonds. The standard InChI is InChI=1S/C15H21NO3/c1-11-4-5-12(2)13(10-11)16-8-6-15(18,7-9-16)14(17)19-3/h4-5,10,18H,6-9H2,1-3H3. The molecule has 1 fully saturated rings. The number of carbonyl (C=O) groups is 1. The molecule has 0 aromatic heterocycles. The highest BCUT2D eigenvalue weighted by molar-refractivity contribution is 5.79. The van der Waals surface area contributed by atoms with Gasteiger partial charge in [-0.1, -0.05) is 12.1 Å². The number of esters is 1. The van der Waals surface area contributed by atoms with Gasteiger partial charge in [-0.25, -0.2) is 4.79 Å². The smallest absolute Gasteiger partial charge is 0.337 e. The van der Waals surface area contributed by atoms with Crippen LogP contribution in [0.2, 0.25) is 0 Å². The third-order valence-corrected chi connectivity index (χ3v) is 3.86. The van der Waals surface area contributed by atoms with Gasteiger partial charge in [-0.3, -0.25) is 0 Å². The van der Waals surface area contributed by atoms with Crippen molar-refractivity contribution in [1.82, 2.24) is 0 Å². The fourth-order valence-corrected chi connectivity index (χ4v) is 2.57. The molecular formula is C15H21NO3. The highest BCUT2D eigenvalue weighted by Gasteiger charge is 2.40. The summed E-state index contributed by atoms with van der Waals surface area (Å²) < 4.78 is 4.67. The summed E-state index contributed by atoms with van der Waals surface area (Å²) in [5.41, 5.74) is 2.30. The molecule has 0 saturated carbocycles. The fourth-order valence-electron chi connectivity index (χ4n) is 2.57. The predicted octanol–water partition coefficient (Wildman–Crippen LogP) is 1.81. The van der Waals surface area contributed by atoms with E-state index in [-0.39, 0.29) is 0 Å². The van der Waals surface area contributed by atoms with Crippen LogP contribution in [-0.2, 0) is 9.53 Å². The average Bonchev–Trinajstić information content (AvgIpc) is 2.41. The zero-order chi connectivity index (χ0) is 14.0. The fraction of sp³-hybridized carbons (Fsp3) is 0.533. The van der Waals surface area contributed by atoms with Crippen molar-refractivity contribution in [3.05, 3.63) is 29.3 Å². The Labute approximate surface area is 114 Å². The first-order valence-corrected chi connectivity index (χ1v) is 6.59. The van der Waals surface area contributed by atoms with E-state index in [4.69, 9.17) is 0 Å². The predicted molar refractivity (Wildman–Crippen MR) is 74.3 cm³/mol. The molecule has 4 nitrogen and oxygen atoms in total. The van der Waals surface area contributed by atoms with E-state index in [0.29, 0.717) is 25.9 Å². The topological polar surface area (TPSA) is 49.8 Å². The molecule has 1 N–H and O–H groups in total. The highest BCUT2D eigenvalue weighted by atomic mass is 16.5. The minimum Gasteiger partial charge on any atom is -0.467 e. The number of aryl methyl sites for hydroxylation is 2. The van der Waals surface area contributed by atoms with Crippen LogP contribution >= 0.6 is 0 Å². The number of anilines is 1. The summed E-state index contributed by atoms with van der Waals surface area (Å²) in [6.45, 7) is 5.47. The number of methoxy groups -OCH3 is 1. The summed E-state index contributed by atoms with van der Waals surface area (Å²) in [5.74, 6) is -0.520. The number of nitrogens with zero attached hydrogens (tertiary/aromatic N) is 1. The van der Waals surface area contributed by atoms with Gasteiger partial charge in [0.15, 0.2) is 5.60 Å². The third-order valence-electron chi connectivity index (χ3n) is 3.86. The van der Waals surface area contributed by atoms with Gasteiger partial charge in [-0.2, -0.15) is 0 Å². The molecule has 0 unspecified atom stereocenters. The molecule has 1 saturated heterocycles. The Morgan fingerprint density at radius 3 is 2.53 bits per heavy atom. The van der Waals surface area contributed by atoms with Crippen LogP contribution in [0.15, 0.2) is 18.2 Å². The van der Waals surface area contributed by atoms with Crippen molar-refractivity contribution in [3.63, 3.8) is 0 Å². The lowest BCUT2D eigenvalue weighted by Gasteiger charge is -2.38. The van der Waals surface area contributed by atoms with Gasteiger partial charge in [0.2, 0.25) is 0 Å². The monoisotopic (exact) mass is 263 g/mol. The Bertz CT molecular complexity index is 476. The van der Waals surface area contributed by atoms with Gasteiger partial charge in [0.25, 0.3) is 0 Å². The van der Waals surface area contributed by atoms with Crippen LogP contribution in [0.3, 0.4) is 0 Å². The van der Waals surface area contributed by atoms with Crippen LogP contribution < -0.4 is 4.90 Å². The largest absolute Gasteiger partial charge is 0.467 e. The molecule has 0 radical (unpaired) electrons. The molecule has 1 aliphatic heterocycles. The second-order valence-electron chi connectivity index (χ2n) is 5.30. The van der Waals surface area contributed by atoms with Crippen LogP contribution in [0.5, 0.6) is 0 Å². The van der Waals surface area contributed by atoms with Crippen molar-refractivity contribution in [2.45, 2.75) is 32.3 Å². The van der Waals surface area contributed by atoms with Crippen molar-refractivity contribution in [1.29, 1.82) is 0 Å². The van der Waals surface area contributed by atoms with E-state index in [0.717, 1.165) is 0 Å². The maximum absolute atomic E-state index is 11.6. The Hall–Kier alpha value is -1.55.